The highest BCUT2D eigenvalue weighted by atomic mass is 32.2. The number of aryl methyl sites for hydroxylation is 3. The zero-order valence-electron chi connectivity index (χ0n) is 14.8. The molecule has 0 atom stereocenters. The molecule has 1 heterocycles. The van der Waals surface area contributed by atoms with Crippen LogP contribution in [0.4, 0.5) is 18.9 Å². The monoisotopic (exact) mass is 407 g/mol. The Labute approximate surface area is 165 Å². The van der Waals surface area contributed by atoms with Gasteiger partial charge in [-0.2, -0.15) is 13.2 Å². The summed E-state index contributed by atoms with van der Waals surface area (Å²) in [5.74, 6) is -0.413. The van der Waals surface area contributed by atoms with Gasteiger partial charge in [0.2, 0.25) is 0 Å². The van der Waals surface area contributed by atoms with Gasteiger partial charge >= 0.3 is 6.18 Å². The molecule has 27 heavy (non-hydrogen) atoms. The van der Waals surface area contributed by atoms with Crippen LogP contribution in [-0.2, 0) is 11.0 Å². The lowest BCUT2D eigenvalue weighted by atomic mass is 9.99. The molecular weight excluding hydrogens is 391 g/mol. The fraction of sp³-hybridized carbons (Fsp3) is 0.200. The van der Waals surface area contributed by atoms with Gasteiger partial charge in [0.15, 0.2) is 4.32 Å². The highest BCUT2D eigenvalue weighted by molar-refractivity contribution is 8.27. The van der Waals surface area contributed by atoms with Gasteiger partial charge in [0.25, 0.3) is 5.91 Å². The number of hydrogen-bond acceptors (Lipinski definition) is 3. The van der Waals surface area contributed by atoms with Gasteiger partial charge < -0.3 is 0 Å². The fourth-order valence-electron chi connectivity index (χ4n) is 3.06. The summed E-state index contributed by atoms with van der Waals surface area (Å²) in [5, 5.41) is 0. The van der Waals surface area contributed by atoms with Gasteiger partial charge in [-0.3, -0.25) is 9.69 Å². The molecule has 1 aliphatic rings. The third kappa shape index (κ3) is 3.94. The Morgan fingerprint density at radius 2 is 1.70 bits per heavy atom. The van der Waals surface area contributed by atoms with E-state index in [1.165, 1.54) is 12.1 Å². The topological polar surface area (TPSA) is 20.3 Å². The van der Waals surface area contributed by atoms with E-state index in [9.17, 15) is 18.0 Å². The van der Waals surface area contributed by atoms with Crippen molar-refractivity contribution in [1.82, 2.24) is 0 Å². The van der Waals surface area contributed by atoms with Gasteiger partial charge in [-0.15, -0.1) is 0 Å². The number of carbonyl (C=O) groups is 1. The van der Waals surface area contributed by atoms with Crippen LogP contribution in [0.25, 0.3) is 6.08 Å². The summed E-state index contributed by atoms with van der Waals surface area (Å²) in [7, 11) is 0. The molecule has 0 aromatic heterocycles. The number of nitrogens with zero attached hydrogens (tertiary/aromatic N) is 1. The maximum absolute atomic E-state index is 13.0. The van der Waals surface area contributed by atoms with Crippen molar-refractivity contribution in [1.29, 1.82) is 0 Å². The van der Waals surface area contributed by atoms with Gasteiger partial charge in [0, 0.05) is 0 Å². The molecule has 0 N–H and O–H groups in total. The van der Waals surface area contributed by atoms with Crippen molar-refractivity contribution >= 4 is 46.0 Å². The van der Waals surface area contributed by atoms with E-state index in [0.29, 0.717) is 4.91 Å². The highest BCUT2D eigenvalue weighted by Gasteiger charge is 2.36. The summed E-state index contributed by atoms with van der Waals surface area (Å²) < 4.78 is 39.2. The molecule has 2 aromatic carbocycles. The van der Waals surface area contributed by atoms with Crippen LogP contribution in [0, 0.1) is 20.8 Å². The van der Waals surface area contributed by atoms with Gasteiger partial charge in [0.05, 0.1) is 16.2 Å². The third-order valence-electron chi connectivity index (χ3n) is 4.24. The summed E-state index contributed by atoms with van der Waals surface area (Å²) in [6.07, 6.45) is -2.72. The van der Waals surface area contributed by atoms with E-state index in [0.717, 1.165) is 51.0 Å². The molecule has 0 spiro atoms. The molecule has 0 saturated carbocycles. The average Bonchev–Trinajstić information content (AvgIpc) is 2.84. The molecule has 0 radical (unpaired) electrons. The van der Waals surface area contributed by atoms with Crippen molar-refractivity contribution in [3.63, 3.8) is 0 Å². The van der Waals surface area contributed by atoms with Gasteiger partial charge in [-0.25, -0.2) is 0 Å². The zero-order chi connectivity index (χ0) is 19.9. The van der Waals surface area contributed by atoms with E-state index in [-0.39, 0.29) is 10.0 Å². The molecular formula is C20H16F3NOS2. The smallest absolute Gasteiger partial charge is 0.268 e. The van der Waals surface area contributed by atoms with E-state index >= 15 is 0 Å². The molecule has 1 aliphatic heterocycles. The van der Waals surface area contributed by atoms with Crippen molar-refractivity contribution in [3.05, 3.63) is 69.1 Å². The molecule has 7 heteroatoms. The molecule has 140 valence electrons. The van der Waals surface area contributed by atoms with Crippen molar-refractivity contribution in [2.24, 2.45) is 0 Å². The average molecular weight is 407 g/mol. The maximum Gasteiger partial charge on any atom is 0.416 e. The molecule has 2 nitrogen and oxygen atoms in total. The second-order valence-corrected chi connectivity index (χ2v) is 8.05. The Hall–Kier alpha value is -2.12. The number of benzene rings is 2. The second kappa shape index (κ2) is 7.13. The Kier molecular flexibility index (Phi) is 5.18. The minimum atomic E-state index is -4.48. The Bertz CT molecular complexity index is 956. The number of halogens is 3. The van der Waals surface area contributed by atoms with Crippen LogP contribution in [0.1, 0.15) is 27.8 Å². The molecule has 0 unspecified atom stereocenters. The van der Waals surface area contributed by atoms with Gasteiger partial charge in [-0.05, 0) is 61.7 Å². The first kappa shape index (κ1) is 19.6. The summed E-state index contributed by atoms with van der Waals surface area (Å²) in [4.78, 5) is 14.4. The lowest BCUT2D eigenvalue weighted by Gasteiger charge is -2.16. The van der Waals surface area contributed by atoms with Crippen LogP contribution >= 0.6 is 24.0 Å². The van der Waals surface area contributed by atoms with Crippen LogP contribution in [0.5, 0.6) is 0 Å². The molecule has 2 aromatic rings. The summed E-state index contributed by atoms with van der Waals surface area (Å²) in [5.41, 5.74) is 3.40. The maximum atomic E-state index is 13.0. The predicted molar refractivity (Wildman–Crippen MR) is 108 cm³/mol. The Morgan fingerprint density at radius 3 is 2.30 bits per heavy atom. The Morgan fingerprint density at radius 1 is 1.07 bits per heavy atom. The van der Waals surface area contributed by atoms with Crippen LogP contribution < -0.4 is 4.90 Å². The third-order valence-corrected chi connectivity index (χ3v) is 5.54. The molecule has 0 bridgehead atoms. The van der Waals surface area contributed by atoms with Crippen molar-refractivity contribution < 1.29 is 18.0 Å². The van der Waals surface area contributed by atoms with E-state index in [1.807, 2.05) is 32.9 Å². The molecule has 1 saturated heterocycles. The number of alkyl halides is 3. The van der Waals surface area contributed by atoms with Crippen molar-refractivity contribution in [2.45, 2.75) is 26.9 Å². The number of rotatable bonds is 2. The van der Waals surface area contributed by atoms with Crippen LogP contribution in [0.15, 0.2) is 41.3 Å². The summed E-state index contributed by atoms with van der Waals surface area (Å²) >= 11 is 6.36. The number of thioether (sulfide) groups is 1. The second-order valence-electron chi connectivity index (χ2n) is 6.38. The van der Waals surface area contributed by atoms with Crippen LogP contribution in [0.2, 0.25) is 0 Å². The van der Waals surface area contributed by atoms with Crippen LogP contribution in [0.3, 0.4) is 0 Å². The molecule has 1 fully saturated rings. The SMILES string of the molecule is Cc1cc(C)c(C=C2SC(=S)N(c3cccc(C(F)(F)F)c3)C2=O)c(C)c1. The largest absolute Gasteiger partial charge is 0.416 e. The first-order chi connectivity index (χ1) is 12.6. The summed E-state index contributed by atoms with van der Waals surface area (Å²) in [6.45, 7) is 5.91. The van der Waals surface area contributed by atoms with Crippen LogP contribution in [-0.4, -0.2) is 10.2 Å². The normalized spacial score (nSPS) is 16.5. The van der Waals surface area contributed by atoms with Crippen molar-refractivity contribution in [3.8, 4) is 0 Å². The molecule has 3 rings (SSSR count). The zero-order valence-corrected chi connectivity index (χ0v) is 16.5. The van der Waals surface area contributed by atoms with E-state index < -0.39 is 17.6 Å². The molecule has 0 aliphatic carbocycles. The number of hydrogen-bond donors (Lipinski definition) is 0. The first-order valence-corrected chi connectivity index (χ1v) is 9.33. The number of amides is 1. The van der Waals surface area contributed by atoms with Gasteiger partial charge in [0.1, 0.15) is 0 Å². The predicted octanol–water partition coefficient (Wildman–Crippen LogP) is 6.04. The van der Waals surface area contributed by atoms with E-state index in [1.54, 1.807) is 6.08 Å². The lowest BCUT2D eigenvalue weighted by Crippen LogP contribution is -2.27. The van der Waals surface area contributed by atoms with E-state index in [4.69, 9.17) is 12.2 Å². The minimum absolute atomic E-state index is 0.119. The number of carbonyl (C=O) groups excluding carboxylic acids is 1. The number of thiocarbonyl (C=S) groups is 1. The van der Waals surface area contributed by atoms with Crippen molar-refractivity contribution in [2.75, 3.05) is 4.90 Å². The van der Waals surface area contributed by atoms with E-state index in [2.05, 4.69) is 0 Å². The minimum Gasteiger partial charge on any atom is -0.268 e. The standard InChI is InChI=1S/C20H16F3NOS2/c1-11-7-12(2)16(13(3)8-11)10-17-18(25)24(19(26)27-17)15-6-4-5-14(9-15)20(21,22)23/h4-10H,1-3H3. The lowest BCUT2D eigenvalue weighted by molar-refractivity contribution is -0.137. The quantitative estimate of drug-likeness (QED) is 0.447. The highest BCUT2D eigenvalue weighted by Crippen LogP contribution is 2.39. The molecule has 1 amide bonds. The van der Waals surface area contributed by atoms with Gasteiger partial charge in [-0.1, -0.05) is 47.7 Å². The summed E-state index contributed by atoms with van der Waals surface area (Å²) in [6, 6.07) is 8.67. The Balaban J connectivity index is 2.00. The first-order valence-electron chi connectivity index (χ1n) is 8.11. The number of anilines is 1. The fourth-order valence-corrected chi connectivity index (χ4v) is 4.34.